The number of aromatic nitrogens is 2. The molecular weight excluding hydrogens is 308 g/mol. The zero-order valence-electron chi connectivity index (χ0n) is 12.8. The van der Waals surface area contributed by atoms with Crippen LogP contribution in [0.1, 0.15) is 31.3 Å². The molecule has 0 saturated carbocycles. The molecule has 7 heteroatoms. The third-order valence-electron chi connectivity index (χ3n) is 2.80. The number of hydrogen-bond donors (Lipinski definition) is 0. The lowest BCUT2D eigenvalue weighted by molar-refractivity contribution is -0.155. The summed E-state index contributed by atoms with van der Waals surface area (Å²) in [4.78, 5) is 23.8. The number of hydrogen-bond acceptors (Lipinski definition) is 5. The number of carbonyl (C=O) groups is 2. The Morgan fingerprint density at radius 3 is 2.59 bits per heavy atom. The fourth-order valence-corrected chi connectivity index (χ4v) is 2.32. The monoisotopic (exact) mass is 324 g/mol. The molecule has 0 aliphatic rings. The van der Waals surface area contributed by atoms with Crippen LogP contribution in [0.4, 0.5) is 0 Å². The van der Waals surface area contributed by atoms with E-state index in [-0.39, 0.29) is 12.2 Å². The summed E-state index contributed by atoms with van der Waals surface area (Å²) >= 11 is 6.17. The van der Waals surface area contributed by atoms with Gasteiger partial charge in [-0.25, -0.2) is 4.79 Å². The molecule has 2 aromatic rings. The molecule has 118 valence electrons. The van der Waals surface area contributed by atoms with Crippen LogP contribution in [0.3, 0.4) is 0 Å². The topological polar surface area (TPSA) is 70.4 Å². The van der Waals surface area contributed by atoms with Gasteiger partial charge >= 0.3 is 11.9 Å². The summed E-state index contributed by atoms with van der Waals surface area (Å²) in [5.74, 6) is -1.05. The van der Waals surface area contributed by atoms with Gasteiger partial charge in [0, 0.05) is 5.39 Å². The van der Waals surface area contributed by atoms with Crippen molar-refractivity contribution in [3.05, 3.63) is 28.9 Å². The van der Waals surface area contributed by atoms with E-state index in [1.165, 1.54) is 11.8 Å². The number of fused-ring (bicyclic) bond motifs is 1. The summed E-state index contributed by atoms with van der Waals surface area (Å²) in [6.07, 6.45) is 0. The molecule has 0 aliphatic carbocycles. The molecule has 22 heavy (non-hydrogen) atoms. The Bertz CT molecular complexity index is 731. The Labute approximate surface area is 132 Å². The number of halogens is 1. The maximum absolute atomic E-state index is 12.0. The van der Waals surface area contributed by atoms with Gasteiger partial charge in [-0.2, -0.15) is 5.10 Å². The third-order valence-corrected chi connectivity index (χ3v) is 3.10. The number of rotatable bonds is 3. The van der Waals surface area contributed by atoms with Crippen molar-refractivity contribution in [1.29, 1.82) is 0 Å². The summed E-state index contributed by atoms with van der Waals surface area (Å²) in [6.45, 7) is 5.19. The molecule has 0 bridgehead atoms. The molecule has 1 heterocycles. The number of carbonyl (C=O) groups excluding carboxylic acids is 2. The predicted octanol–water partition coefficient (Wildman–Crippen LogP) is 2.82. The van der Waals surface area contributed by atoms with Crippen LogP contribution in [0.2, 0.25) is 5.02 Å². The van der Waals surface area contributed by atoms with Gasteiger partial charge in [-0.15, -0.1) is 0 Å². The van der Waals surface area contributed by atoms with Gasteiger partial charge in [0.05, 0.1) is 17.6 Å². The lowest BCUT2D eigenvalue weighted by atomic mass is 10.2. The van der Waals surface area contributed by atoms with Crippen molar-refractivity contribution < 1.29 is 19.1 Å². The summed E-state index contributed by atoms with van der Waals surface area (Å²) in [7, 11) is 1.27. The van der Waals surface area contributed by atoms with E-state index in [1.54, 1.807) is 39.0 Å². The van der Waals surface area contributed by atoms with E-state index in [4.69, 9.17) is 21.1 Å². The molecular formula is C15H17ClN2O4. The van der Waals surface area contributed by atoms with E-state index in [0.717, 1.165) is 0 Å². The van der Waals surface area contributed by atoms with Crippen LogP contribution < -0.4 is 0 Å². The van der Waals surface area contributed by atoms with Crippen molar-refractivity contribution in [1.82, 2.24) is 9.78 Å². The number of benzene rings is 1. The highest BCUT2D eigenvalue weighted by atomic mass is 35.5. The highest BCUT2D eigenvalue weighted by Crippen LogP contribution is 2.26. The molecule has 2 rings (SSSR count). The zero-order valence-corrected chi connectivity index (χ0v) is 13.6. The molecule has 0 aliphatic heterocycles. The van der Waals surface area contributed by atoms with Crippen LogP contribution in [-0.2, 0) is 20.8 Å². The van der Waals surface area contributed by atoms with Crippen LogP contribution in [0.5, 0.6) is 0 Å². The minimum Gasteiger partial charge on any atom is -0.464 e. The van der Waals surface area contributed by atoms with E-state index in [0.29, 0.717) is 15.9 Å². The maximum Gasteiger partial charge on any atom is 0.359 e. The van der Waals surface area contributed by atoms with Gasteiger partial charge in [0.15, 0.2) is 5.69 Å². The first-order valence-corrected chi connectivity index (χ1v) is 7.06. The summed E-state index contributed by atoms with van der Waals surface area (Å²) < 4.78 is 11.3. The van der Waals surface area contributed by atoms with Gasteiger partial charge in [-0.1, -0.05) is 23.7 Å². The minimum absolute atomic E-state index is 0.114. The Morgan fingerprint density at radius 2 is 2.00 bits per heavy atom. The lowest BCUT2D eigenvalue weighted by Gasteiger charge is -2.19. The quantitative estimate of drug-likeness (QED) is 0.812. The summed E-state index contributed by atoms with van der Waals surface area (Å²) in [5.41, 5.74) is 0.00800. The Balaban J connectivity index is 2.46. The first kappa shape index (κ1) is 16.3. The van der Waals surface area contributed by atoms with Crippen LogP contribution in [0, 0.1) is 0 Å². The average Bonchev–Trinajstić information content (AvgIpc) is 2.75. The van der Waals surface area contributed by atoms with Crippen molar-refractivity contribution in [2.24, 2.45) is 0 Å². The smallest absolute Gasteiger partial charge is 0.359 e. The van der Waals surface area contributed by atoms with Crippen molar-refractivity contribution >= 4 is 34.4 Å². The van der Waals surface area contributed by atoms with Gasteiger partial charge in [-0.3, -0.25) is 9.48 Å². The first-order valence-electron chi connectivity index (χ1n) is 6.68. The zero-order chi connectivity index (χ0) is 16.5. The number of methoxy groups -OCH3 is 1. The van der Waals surface area contributed by atoms with Crippen molar-refractivity contribution in [2.45, 2.75) is 32.9 Å². The van der Waals surface area contributed by atoms with Gasteiger partial charge in [0.2, 0.25) is 0 Å². The van der Waals surface area contributed by atoms with E-state index >= 15 is 0 Å². The largest absolute Gasteiger partial charge is 0.464 e. The SMILES string of the molecule is COC(=O)c1nn(CC(=O)OC(C)(C)C)c2c(Cl)cccc12. The predicted molar refractivity (Wildman–Crippen MR) is 81.9 cm³/mol. The Kier molecular flexibility index (Phi) is 4.42. The molecule has 0 spiro atoms. The fraction of sp³-hybridized carbons (Fsp3) is 0.400. The lowest BCUT2D eigenvalue weighted by Crippen LogP contribution is -2.27. The average molecular weight is 325 g/mol. The number of ether oxygens (including phenoxy) is 2. The van der Waals surface area contributed by atoms with Crippen molar-refractivity contribution in [3.8, 4) is 0 Å². The van der Waals surface area contributed by atoms with Gasteiger partial charge < -0.3 is 9.47 Å². The van der Waals surface area contributed by atoms with Crippen LogP contribution in [-0.4, -0.2) is 34.4 Å². The highest BCUT2D eigenvalue weighted by Gasteiger charge is 2.22. The molecule has 6 nitrogen and oxygen atoms in total. The van der Waals surface area contributed by atoms with Gasteiger partial charge in [0.25, 0.3) is 0 Å². The van der Waals surface area contributed by atoms with Crippen LogP contribution in [0.15, 0.2) is 18.2 Å². The maximum atomic E-state index is 12.0. The minimum atomic E-state index is -0.602. The Hall–Kier alpha value is -2.08. The van der Waals surface area contributed by atoms with Gasteiger partial charge in [0.1, 0.15) is 12.1 Å². The summed E-state index contributed by atoms with van der Waals surface area (Å²) in [5, 5.41) is 5.07. The fourth-order valence-electron chi connectivity index (χ4n) is 2.05. The standard InChI is InChI=1S/C15H17ClN2O4/c1-15(2,3)22-11(19)8-18-13-9(6-5-7-10(13)16)12(17-18)14(20)21-4/h5-7H,8H2,1-4H3. The normalized spacial score (nSPS) is 11.5. The molecule has 1 aromatic heterocycles. The molecule has 1 aromatic carbocycles. The highest BCUT2D eigenvalue weighted by molar-refractivity contribution is 6.35. The van der Waals surface area contributed by atoms with Crippen molar-refractivity contribution in [3.63, 3.8) is 0 Å². The van der Waals surface area contributed by atoms with E-state index in [1.807, 2.05) is 0 Å². The van der Waals surface area contributed by atoms with Crippen LogP contribution in [0.25, 0.3) is 10.9 Å². The molecule has 0 saturated heterocycles. The number of nitrogens with zero attached hydrogens (tertiary/aromatic N) is 2. The second-order valence-electron chi connectivity index (χ2n) is 5.72. The molecule has 0 atom stereocenters. The van der Waals surface area contributed by atoms with Crippen LogP contribution >= 0.6 is 11.6 Å². The molecule has 0 fully saturated rings. The van der Waals surface area contributed by atoms with Crippen molar-refractivity contribution in [2.75, 3.05) is 7.11 Å². The molecule has 0 amide bonds. The molecule has 0 radical (unpaired) electrons. The third kappa shape index (κ3) is 3.39. The molecule has 0 unspecified atom stereocenters. The second kappa shape index (κ2) is 5.96. The first-order chi connectivity index (χ1) is 10.2. The number of esters is 2. The van der Waals surface area contributed by atoms with E-state index in [2.05, 4.69) is 5.10 Å². The van der Waals surface area contributed by atoms with E-state index in [9.17, 15) is 9.59 Å². The summed E-state index contributed by atoms with van der Waals surface area (Å²) in [6, 6.07) is 5.07. The number of para-hydroxylation sites is 1. The second-order valence-corrected chi connectivity index (χ2v) is 6.13. The Morgan fingerprint density at radius 1 is 1.32 bits per heavy atom. The van der Waals surface area contributed by atoms with Gasteiger partial charge in [-0.05, 0) is 26.8 Å². The van der Waals surface area contributed by atoms with E-state index < -0.39 is 17.5 Å². The molecule has 0 N–H and O–H groups in total.